The van der Waals surface area contributed by atoms with E-state index in [4.69, 9.17) is 4.84 Å². The summed E-state index contributed by atoms with van der Waals surface area (Å²) in [6.07, 6.45) is -2.38. The van der Waals surface area contributed by atoms with E-state index < -0.39 is 59.1 Å². The largest absolute Gasteiger partial charge is 0.417 e. The predicted octanol–water partition coefficient (Wildman–Crippen LogP) is 2.13. The van der Waals surface area contributed by atoms with Gasteiger partial charge in [-0.1, -0.05) is 12.1 Å². The minimum Gasteiger partial charge on any atom is -0.378 e. The molecule has 0 saturated heterocycles. The van der Waals surface area contributed by atoms with Gasteiger partial charge in [0.2, 0.25) is 5.37 Å². The second kappa shape index (κ2) is 6.48. The summed E-state index contributed by atoms with van der Waals surface area (Å²) in [7, 11) is -8.38. The maximum Gasteiger partial charge on any atom is 0.417 e. The van der Waals surface area contributed by atoms with Crippen molar-refractivity contribution in [2.45, 2.75) is 24.4 Å². The maximum atomic E-state index is 13.3. The highest BCUT2D eigenvalue weighted by atomic mass is 32.2. The zero-order valence-electron chi connectivity index (χ0n) is 14.7. The van der Waals surface area contributed by atoms with Gasteiger partial charge in [-0.15, -0.1) is 5.06 Å². The number of allylic oxidation sites excluding steroid dienone is 1. The van der Waals surface area contributed by atoms with Gasteiger partial charge in [0.25, 0.3) is 5.91 Å². The van der Waals surface area contributed by atoms with E-state index in [1.807, 2.05) is 0 Å². The molecule has 1 heterocycles. The van der Waals surface area contributed by atoms with Gasteiger partial charge in [-0.25, -0.2) is 16.8 Å². The van der Waals surface area contributed by atoms with Crippen molar-refractivity contribution in [3.63, 3.8) is 0 Å². The monoisotopic (exact) mass is 439 g/mol. The summed E-state index contributed by atoms with van der Waals surface area (Å²) in [5.41, 5.74) is -2.12. The van der Waals surface area contributed by atoms with E-state index in [2.05, 4.69) is 0 Å². The van der Waals surface area contributed by atoms with E-state index in [9.17, 15) is 34.8 Å². The lowest BCUT2D eigenvalue weighted by Gasteiger charge is -2.24. The van der Waals surface area contributed by atoms with Gasteiger partial charge in [0.1, 0.15) is 4.91 Å². The Balaban J connectivity index is 2.15. The molecule has 2 aliphatic rings. The Bertz CT molecular complexity index is 1070. The molecule has 1 aliphatic heterocycles. The fourth-order valence-corrected chi connectivity index (χ4v) is 6.04. The Labute approximate surface area is 159 Å². The Hall–Kier alpha value is -2.08. The van der Waals surface area contributed by atoms with Crippen LogP contribution in [0.3, 0.4) is 0 Å². The van der Waals surface area contributed by atoms with Crippen molar-refractivity contribution in [2.24, 2.45) is 5.92 Å². The van der Waals surface area contributed by atoms with Gasteiger partial charge < -0.3 is 4.84 Å². The summed E-state index contributed by atoms with van der Waals surface area (Å²) < 4.78 is 88.9. The third-order valence-electron chi connectivity index (χ3n) is 4.29. The smallest absolute Gasteiger partial charge is 0.378 e. The molecule has 1 amide bonds. The molecule has 0 aromatic heterocycles. The molecule has 3 rings (SSSR count). The molecule has 1 aromatic rings. The minimum absolute atomic E-state index is 0.198. The Morgan fingerprint density at radius 1 is 1.11 bits per heavy atom. The first kappa shape index (κ1) is 20.6. The van der Waals surface area contributed by atoms with Crippen LogP contribution in [0, 0.1) is 5.92 Å². The molecule has 28 heavy (non-hydrogen) atoms. The number of halogens is 3. The number of amides is 1. The van der Waals surface area contributed by atoms with Crippen molar-refractivity contribution in [1.82, 2.24) is 5.06 Å². The summed E-state index contributed by atoms with van der Waals surface area (Å²) in [5.74, 6) is -1.99. The van der Waals surface area contributed by atoms with Crippen molar-refractivity contribution in [3.8, 4) is 0 Å². The number of nitrogens with zero attached hydrogens (tertiary/aromatic N) is 1. The SMILES string of the molecule is CS(=O)(=O)C1=C(C2CC2)ON(C(=O)c2ccccc2C(F)(F)F)C1S(C)(=O)=O. The van der Waals surface area contributed by atoms with Crippen LogP contribution >= 0.6 is 0 Å². The minimum atomic E-state index is -4.88. The molecule has 1 saturated carbocycles. The highest BCUT2D eigenvalue weighted by molar-refractivity contribution is 7.97. The van der Waals surface area contributed by atoms with E-state index in [1.54, 1.807) is 0 Å². The molecule has 0 spiro atoms. The van der Waals surface area contributed by atoms with E-state index in [1.165, 1.54) is 6.07 Å². The second-order valence-electron chi connectivity index (χ2n) is 6.72. The number of hydrogen-bond acceptors (Lipinski definition) is 6. The average Bonchev–Trinajstić information content (AvgIpc) is 3.30. The van der Waals surface area contributed by atoms with Crippen LogP contribution in [0.4, 0.5) is 13.2 Å². The van der Waals surface area contributed by atoms with Gasteiger partial charge in [0.15, 0.2) is 25.4 Å². The van der Waals surface area contributed by atoms with Crippen molar-refractivity contribution in [1.29, 1.82) is 0 Å². The summed E-state index contributed by atoms with van der Waals surface area (Å²) in [5, 5.41) is -1.82. The summed E-state index contributed by atoms with van der Waals surface area (Å²) >= 11 is 0. The summed E-state index contributed by atoms with van der Waals surface area (Å²) in [4.78, 5) is 17.5. The first-order valence-electron chi connectivity index (χ1n) is 8.03. The molecule has 1 atom stereocenters. The molecule has 0 bridgehead atoms. The van der Waals surface area contributed by atoms with E-state index in [0.717, 1.165) is 18.4 Å². The van der Waals surface area contributed by atoms with Gasteiger partial charge in [0.05, 0.1) is 11.1 Å². The molecule has 12 heteroatoms. The van der Waals surface area contributed by atoms with Gasteiger partial charge in [-0.2, -0.15) is 13.2 Å². The van der Waals surface area contributed by atoms with Crippen molar-refractivity contribution < 1.29 is 39.6 Å². The van der Waals surface area contributed by atoms with Crippen LogP contribution in [-0.4, -0.2) is 45.7 Å². The second-order valence-corrected chi connectivity index (χ2v) is 10.8. The molecule has 1 aliphatic carbocycles. The molecule has 0 radical (unpaired) electrons. The van der Waals surface area contributed by atoms with Crippen molar-refractivity contribution in [3.05, 3.63) is 46.1 Å². The molecular formula is C16H16F3NO6S2. The van der Waals surface area contributed by atoms with Crippen LogP contribution in [0.2, 0.25) is 0 Å². The van der Waals surface area contributed by atoms with Crippen LogP contribution in [0.5, 0.6) is 0 Å². The first-order valence-corrected chi connectivity index (χ1v) is 11.9. The van der Waals surface area contributed by atoms with Gasteiger partial charge in [0, 0.05) is 18.4 Å². The third kappa shape index (κ3) is 3.75. The lowest BCUT2D eigenvalue weighted by Crippen LogP contribution is -2.43. The van der Waals surface area contributed by atoms with Crippen molar-refractivity contribution >= 4 is 25.6 Å². The Kier molecular flexibility index (Phi) is 4.78. The Morgan fingerprint density at radius 2 is 1.68 bits per heavy atom. The average molecular weight is 439 g/mol. The molecule has 7 nitrogen and oxygen atoms in total. The number of alkyl halides is 3. The number of hydroxylamine groups is 2. The fourth-order valence-electron chi connectivity index (χ4n) is 2.97. The van der Waals surface area contributed by atoms with Gasteiger partial charge in [-0.3, -0.25) is 4.79 Å². The van der Waals surface area contributed by atoms with Crippen molar-refractivity contribution in [2.75, 3.05) is 12.5 Å². The van der Waals surface area contributed by atoms with Crippen LogP contribution in [0.1, 0.15) is 28.8 Å². The van der Waals surface area contributed by atoms with Gasteiger partial charge >= 0.3 is 6.18 Å². The van der Waals surface area contributed by atoms with E-state index in [0.29, 0.717) is 25.2 Å². The molecular weight excluding hydrogens is 423 g/mol. The molecule has 1 aromatic carbocycles. The third-order valence-corrected chi connectivity index (χ3v) is 6.90. The lowest BCUT2D eigenvalue weighted by atomic mass is 10.1. The van der Waals surface area contributed by atoms with Crippen LogP contribution in [0.15, 0.2) is 34.9 Å². The Morgan fingerprint density at radius 3 is 2.14 bits per heavy atom. The number of rotatable bonds is 4. The fraction of sp³-hybridized carbons (Fsp3) is 0.438. The first-order chi connectivity index (χ1) is 12.7. The highest BCUT2D eigenvalue weighted by Gasteiger charge is 2.53. The zero-order chi connectivity index (χ0) is 21.1. The molecule has 1 fully saturated rings. The van der Waals surface area contributed by atoms with E-state index in [-0.39, 0.29) is 10.8 Å². The molecule has 0 N–H and O–H groups in total. The normalized spacial score (nSPS) is 21.0. The quantitative estimate of drug-likeness (QED) is 0.713. The van der Waals surface area contributed by atoms with Crippen LogP contribution < -0.4 is 0 Å². The molecule has 154 valence electrons. The number of sulfone groups is 2. The van der Waals surface area contributed by atoms with Gasteiger partial charge in [-0.05, 0) is 25.0 Å². The van der Waals surface area contributed by atoms with E-state index >= 15 is 0 Å². The zero-order valence-corrected chi connectivity index (χ0v) is 16.4. The topological polar surface area (TPSA) is 97.8 Å². The summed E-state index contributed by atoms with van der Waals surface area (Å²) in [6, 6.07) is 3.81. The van der Waals surface area contributed by atoms with Crippen LogP contribution in [0.25, 0.3) is 0 Å². The number of hydrogen-bond donors (Lipinski definition) is 0. The maximum absolute atomic E-state index is 13.3. The highest BCUT2D eigenvalue weighted by Crippen LogP contribution is 2.46. The molecule has 1 unspecified atom stereocenters. The standard InChI is InChI=1S/C16H16F3NO6S2/c1-27(22,23)13-12(9-7-8-9)26-20(15(13)28(2,24)25)14(21)10-5-3-4-6-11(10)16(17,18)19/h3-6,9,15H,7-8H2,1-2H3. The number of carbonyl (C=O) groups is 1. The van der Waals surface area contributed by atoms with Crippen LogP contribution in [-0.2, 0) is 30.7 Å². The predicted molar refractivity (Wildman–Crippen MR) is 91.9 cm³/mol. The number of carbonyl (C=O) groups excluding carboxylic acids is 1. The summed E-state index contributed by atoms with van der Waals surface area (Å²) in [6.45, 7) is 0. The lowest BCUT2D eigenvalue weighted by molar-refractivity contribution is -0.138. The number of benzene rings is 1.